The van der Waals surface area contributed by atoms with Gasteiger partial charge >= 0.3 is 0 Å². The van der Waals surface area contributed by atoms with Crippen molar-refractivity contribution in [3.8, 4) is 0 Å². The summed E-state index contributed by atoms with van der Waals surface area (Å²) in [5.74, 6) is 0.718. The van der Waals surface area contributed by atoms with Crippen LogP contribution in [0.2, 0.25) is 0 Å². The topological polar surface area (TPSA) is 29.3 Å². The van der Waals surface area contributed by atoms with E-state index >= 15 is 0 Å². The third kappa shape index (κ3) is 2.45. The Hall–Kier alpha value is -0.860. The van der Waals surface area contributed by atoms with Crippen molar-refractivity contribution in [2.24, 2.45) is 11.7 Å². The smallest absolute Gasteiger partial charge is 0.0376 e. The Bertz CT molecular complexity index is 408. The van der Waals surface area contributed by atoms with Crippen molar-refractivity contribution < 1.29 is 0 Å². The summed E-state index contributed by atoms with van der Waals surface area (Å²) in [7, 11) is 4.38. The van der Waals surface area contributed by atoms with Gasteiger partial charge in [-0.1, -0.05) is 17.7 Å². The molecule has 2 rings (SSSR count). The van der Waals surface area contributed by atoms with E-state index in [1.165, 1.54) is 22.3 Å². The summed E-state index contributed by atoms with van der Waals surface area (Å²) >= 11 is 0. The summed E-state index contributed by atoms with van der Waals surface area (Å²) in [6.07, 6.45) is 2.32. The summed E-state index contributed by atoms with van der Waals surface area (Å²) < 4.78 is 0. The Morgan fingerprint density at radius 1 is 1.11 bits per heavy atom. The Morgan fingerprint density at radius 3 is 2.00 bits per heavy atom. The van der Waals surface area contributed by atoms with Gasteiger partial charge < -0.3 is 10.6 Å². The molecule has 1 aliphatic carbocycles. The number of nitrogens with two attached hydrogens (primary N) is 1. The van der Waals surface area contributed by atoms with Crippen LogP contribution in [0.5, 0.6) is 0 Å². The molecule has 1 unspecified atom stereocenters. The fourth-order valence-corrected chi connectivity index (χ4v) is 3.54. The molecule has 2 heteroatoms. The third-order valence-corrected chi connectivity index (χ3v) is 4.25. The lowest BCUT2D eigenvalue weighted by Gasteiger charge is -2.43. The average Bonchev–Trinajstić information content (AvgIpc) is 2.18. The van der Waals surface area contributed by atoms with Gasteiger partial charge in [0.25, 0.3) is 0 Å². The van der Waals surface area contributed by atoms with Gasteiger partial charge in [-0.15, -0.1) is 0 Å². The molecular weight excluding hydrogens is 220 g/mol. The molecule has 18 heavy (non-hydrogen) atoms. The van der Waals surface area contributed by atoms with Gasteiger partial charge in [-0.2, -0.15) is 0 Å². The monoisotopic (exact) mass is 246 g/mol. The first-order valence-electron chi connectivity index (χ1n) is 6.90. The Balaban J connectivity index is 2.37. The van der Waals surface area contributed by atoms with E-state index in [2.05, 4.69) is 51.9 Å². The van der Waals surface area contributed by atoms with Gasteiger partial charge in [-0.3, -0.25) is 0 Å². The standard InChI is InChI=1S/C16H26N2/c1-10-6-11(2)15(12(3)7-10)16(18(4)5)13-8-14(17)9-13/h6-7,13-14,16H,8-9,17H2,1-5H3. The zero-order chi connectivity index (χ0) is 13.4. The number of rotatable bonds is 3. The SMILES string of the molecule is Cc1cc(C)c(C(C2CC(N)C2)N(C)C)c(C)c1. The third-order valence-electron chi connectivity index (χ3n) is 4.25. The normalized spacial score (nSPS) is 25.1. The first kappa shape index (κ1) is 13.6. The minimum atomic E-state index is 0.420. The molecule has 0 amide bonds. The number of hydrogen-bond acceptors (Lipinski definition) is 2. The Labute approximate surface area is 111 Å². The number of benzene rings is 1. The zero-order valence-electron chi connectivity index (χ0n) is 12.3. The van der Waals surface area contributed by atoms with Crippen molar-refractivity contribution in [1.82, 2.24) is 4.90 Å². The quantitative estimate of drug-likeness (QED) is 0.888. The van der Waals surface area contributed by atoms with Gasteiger partial charge in [-0.05, 0) is 70.3 Å². The summed E-state index contributed by atoms with van der Waals surface area (Å²) in [4.78, 5) is 2.36. The van der Waals surface area contributed by atoms with Crippen LogP contribution in [0.1, 0.15) is 41.1 Å². The van der Waals surface area contributed by atoms with Crippen LogP contribution >= 0.6 is 0 Å². The van der Waals surface area contributed by atoms with Crippen LogP contribution in [-0.2, 0) is 0 Å². The molecule has 2 nitrogen and oxygen atoms in total. The molecule has 1 atom stereocenters. The molecule has 0 saturated heterocycles. The molecule has 0 heterocycles. The summed E-state index contributed by atoms with van der Waals surface area (Å²) in [5.41, 5.74) is 11.7. The minimum absolute atomic E-state index is 0.420. The van der Waals surface area contributed by atoms with Gasteiger partial charge in [0.05, 0.1) is 0 Å². The van der Waals surface area contributed by atoms with Crippen LogP contribution in [-0.4, -0.2) is 25.0 Å². The molecule has 1 aromatic rings. The number of nitrogens with zero attached hydrogens (tertiary/aromatic N) is 1. The maximum Gasteiger partial charge on any atom is 0.0376 e. The second-order valence-corrected chi connectivity index (χ2v) is 6.21. The molecule has 0 aromatic heterocycles. The van der Waals surface area contributed by atoms with Crippen LogP contribution in [0.25, 0.3) is 0 Å². The Morgan fingerprint density at radius 2 is 1.61 bits per heavy atom. The van der Waals surface area contributed by atoms with Crippen LogP contribution in [0, 0.1) is 26.7 Å². The highest BCUT2D eigenvalue weighted by Crippen LogP contribution is 2.42. The van der Waals surface area contributed by atoms with Crippen molar-refractivity contribution in [1.29, 1.82) is 0 Å². The molecule has 1 saturated carbocycles. The van der Waals surface area contributed by atoms with Crippen LogP contribution in [0.3, 0.4) is 0 Å². The van der Waals surface area contributed by atoms with E-state index in [0.717, 1.165) is 18.8 Å². The van der Waals surface area contributed by atoms with Crippen LogP contribution < -0.4 is 5.73 Å². The van der Waals surface area contributed by atoms with Gasteiger partial charge in [0, 0.05) is 12.1 Å². The fourth-order valence-electron chi connectivity index (χ4n) is 3.54. The van der Waals surface area contributed by atoms with E-state index in [1.54, 1.807) is 0 Å². The van der Waals surface area contributed by atoms with E-state index in [9.17, 15) is 0 Å². The average molecular weight is 246 g/mol. The van der Waals surface area contributed by atoms with Gasteiger partial charge in [0.2, 0.25) is 0 Å². The molecule has 1 aromatic carbocycles. The van der Waals surface area contributed by atoms with E-state index in [4.69, 9.17) is 5.73 Å². The zero-order valence-corrected chi connectivity index (χ0v) is 12.3. The maximum atomic E-state index is 5.97. The molecule has 0 aliphatic heterocycles. The summed E-state index contributed by atoms with van der Waals surface area (Å²) in [6, 6.07) is 5.54. The first-order chi connectivity index (χ1) is 8.40. The minimum Gasteiger partial charge on any atom is -0.328 e. The molecule has 1 aliphatic rings. The summed E-state index contributed by atoms with van der Waals surface area (Å²) in [6.45, 7) is 6.66. The number of aryl methyl sites for hydroxylation is 3. The molecule has 2 N–H and O–H groups in total. The lowest BCUT2D eigenvalue weighted by molar-refractivity contribution is 0.122. The Kier molecular flexibility index (Phi) is 3.79. The van der Waals surface area contributed by atoms with E-state index < -0.39 is 0 Å². The summed E-state index contributed by atoms with van der Waals surface area (Å²) in [5, 5.41) is 0. The predicted octanol–water partition coefficient (Wildman–Crippen LogP) is 2.95. The van der Waals surface area contributed by atoms with Crippen molar-refractivity contribution in [3.63, 3.8) is 0 Å². The lowest BCUT2D eigenvalue weighted by Crippen LogP contribution is -2.43. The predicted molar refractivity (Wildman–Crippen MR) is 77.8 cm³/mol. The molecule has 1 fully saturated rings. The molecule has 0 radical (unpaired) electrons. The van der Waals surface area contributed by atoms with E-state index in [0.29, 0.717) is 12.1 Å². The fraction of sp³-hybridized carbons (Fsp3) is 0.625. The molecular formula is C16H26N2. The largest absolute Gasteiger partial charge is 0.328 e. The molecule has 0 bridgehead atoms. The van der Waals surface area contributed by atoms with E-state index in [1.807, 2.05) is 0 Å². The maximum absolute atomic E-state index is 5.97. The first-order valence-corrected chi connectivity index (χ1v) is 6.90. The second-order valence-electron chi connectivity index (χ2n) is 6.21. The highest BCUT2D eigenvalue weighted by atomic mass is 15.1. The van der Waals surface area contributed by atoms with Crippen molar-refractivity contribution in [3.05, 3.63) is 34.4 Å². The van der Waals surface area contributed by atoms with Crippen LogP contribution in [0.15, 0.2) is 12.1 Å². The lowest BCUT2D eigenvalue weighted by atomic mass is 9.72. The molecule has 0 spiro atoms. The molecule has 100 valence electrons. The second kappa shape index (κ2) is 5.02. The van der Waals surface area contributed by atoms with Gasteiger partial charge in [0.1, 0.15) is 0 Å². The van der Waals surface area contributed by atoms with Gasteiger partial charge in [0.15, 0.2) is 0 Å². The highest BCUT2D eigenvalue weighted by molar-refractivity contribution is 5.40. The van der Waals surface area contributed by atoms with Crippen molar-refractivity contribution >= 4 is 0 Å². The van der Waals surface area contributed by atoms with Gasteiger partial charge in [-0.25, -0.2) is 0 Å². The van der Waals surface area contributed by atoms with Crippen LogP contribution in [0.4, 0.5) is 0 Å². The number of hydrogen-bond donors (Lipinski definition) is 1. The van der Waals surface area contributed by atoms with E-state index in [-0.39, 0.29) is 0 Å². The van der Waals surface area contributed by atoms with Crippen molar-refractivity contribution in [2.75, 3.05) is 14.1 Å². The van der Waals surface area contributed by atoms with Crippen molar-refractivity contribution in [2.45, 2.75) is 45.7 Å². The highest BCUT2D eigenvalue weighted by Gasteiger charge is 2.36.